The molecule has 7 nitrogen and oxygen atoms in total. The van der Waals surface area contributed by atoms with Crippen molar-refractivity contribution >= 4 is 22.7 Å². The summed E-state index contributed by atoms with van der Waals surface area (Å²) in [5.74, 6) is 0.591. The number of nitrogens with zero attached hydrogens (tertiary/aromatic N) is 2. The fourth-order valence-corrected chi connectivity index (χ4v) is 4.93. The van der Waals surface area contributed by atoms with Crippen LogP contribution < -0.4 is 4.74 Å². The molecule has 0 saturated carbocycles. The number of nitrogens with one attached hydrogen (secondary N) is 1. The summed E-state index contributed by atoms with van der Waals surface area (Å²) in [5, 5.41) is 1.09. The maximum atomic E-state index is 13.4. The number of aromatic amines is 1. The molecule has 0 aliphatic carbocycles. The van der Waals surface area contributed by atoms with Crippen LogP contribution in [0.4, 0.5) is 0 Å². The Morgan fingerprint density at radius 1 is 1.06 bits per heavy atom. The summed E-state index contributed by atoms with van der Waals surface area (Å²) in [4.78, 5) is 33.7. The Bertz CT molecular complexity index is 1150. The SMILES string of the molecule is COCCN1CC(=O)N2[C@@H](c3ccccc3OC)c3[nH]c4ccccc4c3C[C@H]2C1=O. The number of fused-ring (bicyclic) bond motifs is 4. The van der Waals surface area contributed by atoms with E-state index in [1.165, 1.54) is 0 Å². The van der Waals surface area contributed by atoms with Gasteiger partial charge in [0.25, 0.3) is 0 Å². The van der Waals surface area contributed by atoms with Gasteiger partial charge in [-0.1, -0.05) is 36.4 Å². The van der Waals surface area contributed by atoms with Crippen molar-refractivity contribution in [3.8, 4) is 5.75 Å². The normalized spacial score (nSPS) is 20.7. The van der Waals surface area contributed by atoms with Crippen LogP contribution >= 0.6 is 0 Å². The van der Waals surface area contributed by atoms with E-state index in [9.17, 15) is 9.59 Å². The molecule has 7 heteroatoms. The number of benzene rings is 2. The van der Waals surface area contributed by atoms with Gasteiger partial charge in [-0.3, -0.25) is 9.59 Å². The molecule has 0 spiro atoms. The van der Waals surface area contributed by atoms with E-state index in [2.05, 4.69) is 11.1 Å². The molecule has 1 fully saturated rings. The van der Waals surface area contributed by atoms with Gasteiger partial charge in [-0.15, -0.1) is 0 Å². The summed E-state index contributed by atoms with van der Waals surface area (Å²) in [7, 11) is 3.22. The van der Waals surface area contributed by atoms with Gasteiger partial charge in [0.1, 0.15) is 17.8 Å². The summed E-state index contributed by atoms with van der Waals surface area (Å²) < 4.78 is 10.8. The maximum absolute atomic E-state index is 13.4. The fraction of sp³-hybridized carbons (Fsp3) is 0.333. The van der Waals surface area contributed by atoms with E-state index in [1.807, 2.05) is 42.5 Å². The highest BCUT2D eigenvalue weighted by Gasteiger charge is 2.48. The number of piperazine rings is 1. The molecule has 160 valence electrons. The van der Waals surface area contributed by atoms with Gasteiger partial charge in [0, 0.05) is 42.2 Å². The van der Waals surface area contributed by atoms with Crippen molar-refractivity contribution < 1.29 is 19.1 Å². The van der Waals surface area contributed by atoms with Crippen LogP contribution in [0.1, 0.15) is 22.9 Å². The Morgan fingerprint density at radius 3 is 2.65 bits per heavy atom. The molecule has 5 rings (SSSR count). The van der Waals surface area contributed by atoms with Crippen LogP contribution in [-0.4, -0.2) is 66.6 Å². The maximum Gasteiger partial charge on any atom is 0.246 e. The lowest BCUT2D eigenvalue weighted by Crippen LogP contribution is -2.63. The number of methoxy groups -OCH3 is 2. The molecule has 2 aliphatic rings. The molecule has 2 aliphatic heterocycles. The Balaban J connectivity index is 1.69. The van der Waals surface area contributed by atoms with E-state index in [4.69, 9.17) is 9.47 Å². The third-order valence-electron chi connectivity index (χ3n) is 6.34. The monoisotopic (exact) mass is 419 g/mol. The zero-order chi connectivity index (χ0) is 21.5. The van der Waals surface area contributed by atoms with Crippen molar-refractivity contribution in [1.29, 1.82) is 0 Å². The van der Waals surface area contributed by atoms with Crippen LogP contribution in [0.15, 0.2) is 48.5 Å². The van der Waals surface area contributed by atoms with Gasteiger partial charge < -0.3 is 24.3 Å². The van der Waals surface area contributed by atoms with Crippen molar-refractivity contribution in [3.63, 3.8) is 0 Å². The predicted octanol–water partition coefficient (Wildman–Crippen LogP) is 2.51. The number of rotatable bonds is 5. The molecular weight excluding hydrogens is 394 g/mol. The molecule has 3 aromatic rings. The molecule has 1 N–H and O–H groups in total. The van der Waals surface area contributed by atoms with Crippen LogP contribution in [0.5, 0.6) is 5.75 Å². The average Bonchev–Trinajstić information content (AvgIpc) is 3.17. The van der Waals surface area contributed by atoms with Gasteiger partial charge in [0.05, 0.1) is 20.3 Å². The van der Waals surface area contributed by atoms with Crippen molar-refractivity contribution in [2.75, 3.05) is 33.9 Å². The van der Waals surface area contributed by atoms with Crippen LogP contribution in [0.3, 0.4) is 0 Å². The number of hydrogen-bond donors (Lipinski definition) is 1. The minimum Gasteiger partial charge on any atom is -0.496 e. The first-order chi connectivity index (χ1) is 15.1. The number of amides is 2. The number of aromatic nitrogens is 1. The van der Waals surface area contributed by atoms with Crippen molar-refractivity contribution in [1.82, 2.24) is 14.8 Å². The predicted molar refractivity (Wildman–Crippen MR) is 116 cm³/mol. The summed E-state index contributed by atoms with van der Waals surface area (Å²) in [6, 6.07) is 14.8. The van der Waals surface area contributed by atoms with Gasteiger partial charge in [-0.05, 0) is 17.7 Å². The van der Waals surface area contributed by atoms with E-state index in [0.717, 1.165) is 27.7 Å². The first-order valence-corrected chi connectivity index (χ1v) is 10.4. The zero-order valence-corrected chi connectivity index (χ0v) is 17.6. The highest BCUT2D eigenvalue weighted by Crippen LogP contribution is 2.44. The molecule has 2 aromatic carbocycles. The summed E-state index contributed by atoms with van der Waals surface area (Å²) >= 11 is 0. The Labute approximate surface area is 180 Å². The number of carbonyl (C=O) groups excluding carboxylic acids is 2. The molecular formula is C24H25N3O4. The Hall–Kier alpha value is -3.32. The molecule has 0 bridgehead atoms. The molecule has 0 unspecified atom stereocenters. The second kappa shape index (κ2) is 7.74. The lowest BCUT2D eigenvalue weighted by atomic mass is 9.86. The van der Waals surface area contributed by atoms with Gasteiger partial charge in [0.15, 0.2) is 0 Å². The topological polar surface area (TPSA) is 74.9 Å². The number of hydrogen-bond acceptors (Lipinski definition) is 4. The highest BCUT2D eigenvalue weighted by atomic mass is 16.5. The molecule has 0 radical (unpaired) electrons. The molecule has 31 heavy (non-hydrogen) atoms. The molecule has 1 saturated heterocycles. The second-order valence-corrected chi connectivity index (χ2v) is 7.98. The third kappa shape index (κ3) is 3.08. The fourth-order valence-electron chi connectivity index (χ4n) is 4.93. The Kier molecular flexibility index (Phi) is 4.90. The first kappa shape index (κ1) is 19.6. The highest BCUT2D eigenvalue weighted by molar-refractivity contribution is 5.97. The van der Waals surface area contributed by atoms with E-state index in [-0.39, 0.29) is 18.4 Å². The van der Waals surface area contributed by atoms with Crippen LogP contribution in [-0.2, 0) is 20.7 Å². The van der Waals surface area contributed by atoms with Crippen molar-refractivity contribution in [2.45, 2.75) is 18.5 Å². The molecule has 2 atom stereocenters. The molecule has 1 aromatic heterocycles. The van der Waals surface area contributed by atoms with Gasteiger partial charge >= 0.3 is 0 Å². The summed E-state index contributed by atoms with van der Waals surface area (Å²) in [6.07, 6.45) is 0.485. The van der Waals surface area contributed by atoms with Gasteiger partial charge in [-0.25, -0.2) is 0 Å². The number of ether oxygens (including phenoxy) is 2. The van der Waals surface area contributed by atoms with Crippen LogP contribution in [0.2, 0.25) is 0 Å². The lowest BCUT2D eigenvalue weighted by molar-refractivity contribution is -0.159. The summed E-state index contributed by atoms with van der Waals surface area (Å²) in [5.41, 5.74) is 3.91. The Morgan fingerprint density at radius 2 is 1.84 bits per heavy atom. The van der Waals surface area contributed by atoms with E-state index in [1.54, 1.807) is 24.0 Å². The third-order valence-corrected chi connectivity index (χ3v) is 6.34. The van der Waals surface area contributed by atoms with E-state index >= 15 is 0 Å². The van der Waals surface area contributed by atoms with Crippen LogP contribution in [0, 0.1) is 0 Å². The van der Waals surface area contributed by atoms with E-state index in [0.29, 0.717) is 25.3 Å². The number of H-pyrrole nitrogens is 1. The number of para-hydroxylation sites is 2. The number of carbonyl (C=O) groups is 2. The van der Waals surface area contributed by atoms with Crippen LogP contribution in [0.25, 0.3) is 10.9 Å². The minimum absolute atomic E-state index is 0.0347. The zero-order valence-electron chi connectivity index (χ0n) is 17.6. The minimum atomic E-state index is -0.556. The quantitative estimate of drug-likeness (QED) is 0.690. The van der Waals surface area contributed by atoms with Crippen molar-refractivity contribution in [2.24, 2.45) is 0 Å². The standard InChI is InChI=1S/C24H25N3O4/c1-30-12-11-26-14-21(28)27-19(24(26)29)13-17-15-7-3-5-9-18(15)25-22(17)23(27)16-8-4-6-10-20(16)31-2/h3-10,19,23,25H,11-14H2,1-2H3/t19-,23-/m0/s1. The van der Waals surface area contributed by atoms with Crippen molar-refractivity contribution in [3.05, 3.63) is 65.4 Å². The molecule has 2 amide bonds. The smallest absolute Gasteiger partial charge is 0.246 e. The second-order valence-electron chi connectivity index (χ2n) is 7.98. The summed E-state index contributed by atoms with van der Waals surface area (Å²) in [6.45, 7) is 0.866. The largest absolute Gasteiger partial charge is 0.496 e. The van der Waals surface area contributed by atoms with E-state index < -0.39 is 12.1 Å². The lowest BCUT2D eigenvalue weighted by Gasteiger charge is -2.47. The first-order valence-electron chi connectivity index (χ1n) is 10.4. The molecule has 3 heterocycles. The van der Waals surface area contributed by atoms with Gasteiger partial charge in [0.2, 0.25) is 11.8 Å². The average molecular weight is 419 g/mol. The van der Waals surface area contributed by atoms with Gasteiger partial charge in [-0.2, -0.15) is 0 Å².